The van der Waals surface area contributed by atoms with E-state index in [4.69, 9.17) is 9.84 Å². The van der Waals surface area contributed by atoms with Gasteiger partial charge >= 0.3 is 5.97 Å². The van der Waals surface area contributed by atoms with Gasteiger partial charge in [0.1, 0.15) is 12.6 Å². The average molecular weight is 233 g/mol. The molecule has 0 aliphatic heterocycles. The first-order chi connectivity index (χ1) is 7.11. The van der Waals surface area contributed by atoms with Crippen LogP contribution in [0, 0.1) is 0 Å². The first-order valence-corrected chi connectivity index (χ1v) is 5.00. The van der Waals surface area contributed by atoms with Crippen LogP contribution in [0.1, 0.15) is 13.3 Å². The number of aliphatic hydroxyl groups excluding tert-OH is 1. The molecule has 6 nitrogen and oxygen atoms in total. The van der Waals surface area contributed by atoms with Crippen LogP contribution in [0.3, 0.4) is 0 Å². The lowest BCUT2D eigenvalue weighted by Gasteiger charge is -2.29. The van der Waals surface area contributed by atoms with Crippen molar-refractivity contribution >= 4 is 11.9 Å². The Hall–Kier alpha value is -1.14. The average Bonchev–Trinajstić information content (AvgIpc) is 1.98. The van der Waals surface area contributed by atoms with E-state index in [0.717, 1.165) is 0 Å². The van der Waals surface area contributed by atoms with Gasteiger partial charge in [-0.15, -0.1) is 0 Å². The molecule has 0 fully saturated rings. The van der Waals surface area contributed by atoms with Crippen molar-refractivity contribution in [1.29, 1.82) is 0 Å². The summed E-state index contributed by atoms with van der Waals surface area (Å²) in [5.41, 5.74) is 0. The van der Waals surface area contributed by atoms with Crippen molar-refractivity contribution in [3.05, 3.63) is 0 Å². The Morgan fingerprint density at radius 1 is 1.38 bits per heavy atom. The highest BCUT2D eigenvalue weighted by Gasteiger charge is 2.24. The highest BCUT2D eigenvalue weighted by atomic mass is 16.6. The van der Waals surface area contributed by atoms with E-state index in [1.165, 1.54) is 6.92 Å². The molecule has 94 valence electrons. The summed E-state index contributed by atoms with van der Waals surface area (Å²) in [4.78, 5) is 21.6. The van der Waals surface area contributed by atoms with Crippen LogP contribution in [0.2, 0.25) is 0 Å². The Labute approximate surface area is 95.0 Å². The number of esters is 1. The van der Waals surface area contributed by atoms with Gasteiger partial charge in [0, 0.05) is 12.4 Å². The van der Waals surface area contributed by atoms with Gasteiger partial charge in [0.2, 0.25) is 0 Å². The lowest BCUT2D eigenvalue weighted by Crippen LogP contribution is -2.45. The Morgan fingerprint density at radius 3 is 2.19 bits per heavy atom. The molecule has 0 rings (SSSR count). The van der Waals surface area contributed by atoms with Gasteiger partial charge in [-0.2, -0.15) is 0 Å². The van der Waals surface area contributed by atoms with Crippen LogP contribution >= 0.6 is 0 Å². The van der Waals surface area contributed by atoms with E-state index in [9.17, 15) is 14.7 Å². The molecule has 0 radical (unpaired) electrons. The molecular weight excluding hydrogens is 214 g/mol. The monoisotopic (exact) mass is 233 g/mol. The maximum absolute atomic E-state index is 11.1. The van der Waals surface area contributed by atoms with Gasteiger partial charge in [0.25, 0.3) is 0 Å². The molecule has 1 unspecified atom stereocenters. The molecule has 0 aromatic carbocycles. The molecule has 6 heteroatoms. The summed E-state index contributed by atoms with van der Waals surface area (Å²) in [5.74, 6) is -2.10. The van der Waals surface area contributed by atoms with Crippen molar-refractivity contribution in [3.63, 3.8) is 0 Å². The molecule has 0 saturated carbocycles. The van der Waals surface area contributed by atoms with Crippen LogP contribution < -0.4 is 5.11 Å². The zero-order valence-corrected chi connectivity index (χ0v) is 10.1. The Kier molecular flexibility index (Phi) is 5.40. The smallest absolute Gasteiger partial charge is 0.335 e. The first-order valence-electron chi connectivity index (χ1n) is 5.00. The molecule has 0 aromatic heterocycles. The van der Waals surface area contributed by atoms with Crippen molar-refractivity contribution in [2.45, 2.75) is 25.6 Å². The van der Waals surface area contributed by atoms with Crippen LogP contribution in [0.4, 0.5) is 0 Å². The molecule has 0 saturated heterocycles. The summed E-state index contributed by atoms with van der Waals surface area (Å²) in [6.07, 6.45) is -2.41. The minimum atomic E-state index is -1.28. The predicted octanol–water partition coefficient (Wildman–Crippen LogP) is -1.87. The number of rotatable bonds is 6. The van der Waals surface area contributed by atoms with E-state index >= 15 is 0 Å². The third-order valence-electron chi connectivity index (χ3n) is 1.77. The second-order valence-corrected chi connectivity index (χ2v) is 4.78. The third kappa shape index (κ3) is 7.19. The summed E-state index contributed by atoms with van der Waals surface area (Å²) in [5, 5.41) is 19.4. The normalized spacial score (nSPS) is 15.3. The third-order valence-corrected chi connectivity index (χ3v) is 1.77. The number of ether oxygens (including phenoxy) is 1. The SMILES string of the molecule is CC(O)C(=O)O[C@@H](CC(=O)[O-])C[N+](C)(C)C. The maximum Gasteiger partial charge on any atom is 0.335 e. The van der Waals surface area contributed by atoms with Crippen LogP contribution in [0.25, 0.3) is 0 Å². The van der Waals surface area contributed by atoms with E-state index in [1.807, 2.05) is 21.1 Å². The minimum Gasteiger partial charge on any atom is -0.550 e. The van der Waals surface area contributed by atoms with Gasteiger partial charge in [0.15, 0.2) is 6.10 Å². The largest absolute Gasteiger partial charge is 0.550 e. The summed E-state index contributed by atoms with van der Waals surface area (Å²) < 4.78 is 5.32. The number of hydrogen-bond acceptors (Lipinski definition) is 5. The molecule has 0 aliphatic rings. The number of hydrogen-bond donors (Lipinski definition) is 1. The molecule has 0 amide bonds. The lowest BCUT2D eigenvalue weighted by molar-refractivity contribution is -0.873. The van der Waals surface area contributed by atoms with Gasteiger partial charge in [-0.05, 0) is 6.92 Å². The van der Waals surface area contributed by atoms with E-state index < -0.39 is 24.1 Å². The molecule has 16 heavy (non-hydrogen) atoms. The maximum atomic E-state index is 11.1. The number of aliphatic carboxylic acids is 1. The molecule has 1 N–H and O–H groups in total. The standard InChI is InChI=1S/C10H19NO5/c1-7(12)10(15)16-8(5-9(13)14)6-11(2,3)4/h7-8,12H,5-6H2,1-4H3/t7?,8-/m0/s1. The fraction of sp³-hybridized carbons (Fsp3) is 0.800. The predicted molar refractivity (Wildman–Crippen MR) is 54.1 cm³/mol. The second-order valence-electron chi connectivity index (χ2n) is 4.78. The minimum absolute atomic E-state index is 0.340. The van der Waals surface area contributed by atoms with Crippen LogP contribution in [0.15, 0.2) is 0 Å². The van der Waals surface area contributed by atoms with Crippen molar-refractivity contribution in [1.82, 2.24) is 0 Å². The summed E-state index contributed by atoms with van der Waals surface area (Å²) in [6.45, 7) is 1.61. The van der Waals surface area contributed by atoms with E-state index in [0.29, 0.717) is 11.0 Å². The number of carbonyl (C=O) groups is 2. The number of nitrogens with zero attached hydrogens (tertiary/aromatic N) is 1. The number of quaternary nitrogens is 1. The van der Waals surface area contributed by atoms with Gasteiger partial charge in [-0.1, -0.05) is 0 Å². The van der Waals surface area contributed by atoms with Gasteiger partial charge in [-0.3, -0.25) is 0 Å². The fourth-order valence-electron chi connectivity index (χ4n) is 1.20. The second kappa shape index (κ2) is 5.81. The molecule has 0 heterocycles. The number of likely N-dealkylation sites (N-methyl/N-ethyl adjacent to an activating group) is 1. The zero-order valence-electron chi connectivity index (χ0n) is 10.1. The molecule has 0 bridgehead atoms. The number of carboxylic acid groups (broad SMARTS) is 1. The molecule has 2 atom stereocenters. The molecule has 0 aliphatic carbocycles. The summed E-state index contributed by atoms with van der Waals surface area (Å²) in [7, 11) is 5.54. The quantitative estimate of drug-likeness (QED) is 0.429. The van der Waals surface area contributed by atoms with Gasteiger partial charge < -0.3 is 24.2 Å². The number of aliphatic hydroxyl groups is 1. The van der Waals surface area contributed by atoms with Crippen molar-refractivity contribution < 1.29 is 29.0 Å². The zero-order chi connectivity index (χ0) is 12.9. The number of carboxylic acids is 1. The van der Waals surface area contributed by atoms with Crippen molar-refractivity contribution in [2.24, 2.45) is 0 Å². The van der Waals surface area contributed by atoms with Crippen LogP contribution in [-0.2, 0) is 14.3 Å². The first kappa shape index (κ1) is 14.9. The van der Waals surface area contributed by atoms with Gasteiger partial charge in [-0.25, -0.2) is 4.79 Å². The highest BCUT2D eigenvalue weighted by Crippen LogP contribution is 2.05. The van der Waals surface area contributed by atoms with E-state index in [-0.39, 0.29) is 6.42 Å². The summed E-state index contributed by atoms with van der Waals surface area (Å²) >= 11 is 0. The van der Waals surface area contributed by atoms with Crippen LogP contribution in [-0.4, -0.2) is 61.4 Å². The van der Waals surface area contributed by atoms with Crippen molar-refractivity contribution in [2.75, 3.05) is 27.7 Å². The van der Waals surface area contributed by atoms with E-state index in [1.54, 1.807) is 0 Å². The van der Waals surface area contributed by atoms with Crippen molar-refractivity contribution in [3.8, 4) is 0 Å². The molecule has 0 aromatic rings. The molecular formula is C10H19NO5. The summed E-state index contributed by atoms with van der Waals surface area (Å²) in [6, 6.07) is 0. The Bertz CT molecular complexity index is 256. The lowest BCUT2D eigenvalue weighted by atomic mass is 10.2. The number of carbonyl (C=O) groups excluding carboxylic acids is 2. The van der Waals surface area contributed by atoms with Crippen LogP contribution in [0.5, 0.6) is 0 Å². The highest BCUT2D eigenvalue weighted by molar-refractivity contribution is 5.74. The topological polar surface area (TPSA) is 86.7 Å². The molecule has 0 spiro atoms. The van der Waals surface area contributed by atoms with Gasteiger partial charge in [0.05, 0.1) is 21.1 Å². The Morgan fingerprint density at radius 2 is 1.88 bits per heavy atom. The Balaban J connectivity index is 4.43. The fourth-order valence-corrected chi connectivity index (χ4v) is 1.20. The van der Waals surface area contributed by atoms with E-state index in [2.05, 4.69) is 0 Å².